The van der Waals surface area contributed by atoms with E-state index in [1.165, 1.54) is 6.42 Å². The molecule has 25 heavy (non-hydrogen) atoms. The van der Waals surface area contributed by atoms with Crippen molar-refractivity contribution in [1.29, 1.82) is 0 Å². The van der Waals surface area contributed by atoms with E-state index in [-0.39, 0.29) is 5.91 Å². The van der Waals surface area contributed by atoms with E-state index in [0.717, 1.165) is 55.5 Å². The Kier molecular flexibility index (Phi) is 6.10. The van der Waals surface area contributed by atoms with Crippen LogP contribution in [0.2, 0.25) is 5.02 Å². The van der Waals surface area contributed by atoms with Crippen molar-refractivity contribution in [1.82, 2.24) is 15.1 Å². The second kappa shape index (κ2) is 8.50. The fraction of sp³-hybridized carbons (Fsp3) is 0.474. The number of rotatable bonds is 6. The van der Waals surface area contributed by atoms with E-state index >= 15 is 0 Å². The van der Waals surface area contributed by atoms with Crippen molar-refractivity contribution >= 4 is 17.5 Å². The number of nitrogens with one attached hydrogen (secondary N) is 1. The summed E-state index contributed by atoms with van der Waals surface area (Å²) in [5, 5.41) is 8.35. The number of halogens is 1. The van der Waals surface area contributed by atoms with Crippen LogP contribution in [-0.2, 0) is 12.8 Å². The molecule has 0 radical (unpaired) electrons. The summed E-state index contributed by atoms with van der Waals surface area (Å²) in [6.45, 7) is 1.29. The normalized spacial score (nSPS) is 14.0. The molecule has 134 valence electrons. The third-order valence-electron chi connectivity index (χ3n) is 4.63. The monoisotopic (exact) mass is 360 g/mol. The maximum Gasteiger partial charge on any atom is 0.272 e. The van der Waals surface area contributed by atoms with Gasteiger partial charge in [0.15, 0.2) is 5.69 Å². The Balaban J connectivity index is 1.90. The topological polar surface area (TPSA) is 72.9 Å². The molecular formula is C19H25ClN4O. The number of nitrogens with zero attached hydrogens (tertiary/aromatic N) is 2. The molecule has 3 N–H and O–H groups in total. The third kappa shape index (κ3) is 4.22. The van der Waals surface area contributed by atoms with Crippen molar-refractivity contribution in [3.8, 4) is 5.69 Å². The summed E-state index contributed by atoms with van der Waals surface area (Å²) >= 11 is 6.00. The molecule has 1 amide bonds. The van der Waals surface area contributed by atoms with Gasteiger partial charge < -0.3 is 11.1 Å². The molecule has 0 saturated heterocycles. The van der Waals surface area contributed by atoms with E-state index in [2.05, 4.69) is 10.4 Å². The van der Waals surface area contributed by atoms with Gasteiger partial charge in [0.2, 0.25) is 0 Å². The molecular weight excluding hydrogens is 336 g/mol. The number of carbonyl (C=O) groups excluding carboxylic acids is 1. The Morgan fingerprint density at radius 1 is 1.16 bits per heavy atom. The highest BCUT2D eigenvalue weighted by molar-refractivity contribution is 6.30. The van der Waals surface area contributed by atoms with Crippen molar-refractivity contribution in [3.63, 3.8) is 0 Å². The summed E-state index contributed by atoms with van der Waals surface area (Å²) < 4.78 is 1.92. The van der Waals surface area contributed by atoms with E-state index in [4.69, 9.17) is 17.3 Å². The van der Waals surface area contributed by atoms with Gasteiger partial charge in [0.1, 0.15) is 0 Å². The SMILES string of the molecule is NCCCCNC(=O)c1nn(-c2ccc(Cl)cc2)c2c1CCCCC2. The summed E-state index contributed by atoms with van der Waals surface area (Å²) in [6.07, 6.45) is 7.09. The highest BCUT2D eigenvalue weighted by Crippen LogP contribution is 2.27. The minimum Gasteiger partial charge on any atom is -0.351 e. The maximum atomic E-state index is 12.7. The van der Waals surface area contributed by atoms with Gasteiger partial charge in [-0.2, -0.15) is 5.10 Å². The summed E-state index contributed by atoms with van der Waals surface area (Å²) in [7, 11) is 0. The van der Waals surface area contributed by atoms with Crippen LogP contribution in [0, 0.1) is 0 Å². The molecule has 1 aliphatic carbocycles. The first-order valence-corrected chi connectivity index (χ1v) is 9.43. The number of nitrogens with two attached hydrogens (primary N) is 1. The number of carbonyl (C=O) groups is 1. The average Bonchev–Trinajstić information content (AvgIpc) is 2.81. The summed E-state index contributed by atoms with van der Waals surface area (Å²) in [6, 6.07) is 7.61. The molecule has 2 aromatic rings. The summed E-state index contributed by atoms with van der Waals surface area (Å²) in [4.78, 5) is 12.7. The lowest BCUT2D eigenvalue weighted by atomic mass is 10.1. The number of amides is 1. The van der Waals surface area contributed by atoms with Crippen molar-refractivity contribution in [2.75, 3.05) is 13.1 Å². The van der Waals surface area contributed by atoms with Gasteiger partial charge in [-0.1, -0.05) is 18.0 Å². The Bertz CT molecular complexity index is 724. The Labute approximate surface area is 153 Å². The van der Waals surface area contributed by atoms with Gasteiger partial charge in [-0.25, -0.2) is 4.68 Å². The van der Waals surface area contributed by atoms with Gasteiger partial charge in [0, 0.05) is 22.8 Å². The molecule has 0 saturated carbocycles. The van der Waals surface area contributed by atoms with Crippen LogP contribution in [-0.4, -0.2) is 28.8 Å². The quantitative estimate of drug-likeness (QED) is 0.613. The van der Waals surface area contributed by atoms with Gasteiger partial charge in [-0.3, -0.25) is 4.79 Å². The molecule has 1 aromatic carbocycles. The minimum absolute atomic E-state index is 0.0807. The fourth-order valence-electron chi connectivity index (χ4n) is 3.31. The smallest absolute Gasteiger partial charge is 0.272 e. The molecule has 0 fully saturated rings. The lowest BCUT2D eigenvalue weighted by Gasteiger charge is -2.07. The zero-order chi connectivity index (χ0) is 17.6. The van der Waals surface area contributed by atoms with Crippen molar-refractivity contribution in [2.24, 2.45) is 5.73 Å². The highest BCUT2D eigenvalue weighted by Gasteiger charge is 2.24. The molecule has 6 heteroatoms. The molecule has 3 rings (SSSR count). The zero-order valence-corrected chi connectivity index (χ0v) is 15.2. The van der Waals surface area contributed by atoms with Crippen LogP contribution in [0.4, 0.5) is 0 Å². The lowest BCUT2D eigenvalue weighted by molar-refractivity contribution is 0.0946. The van der Waals surface area contributed by atoms with Gasteiger partial charge >= 0.3 is 0 Å². The summed E-state index contributed by atoms with van der Waals surface area (Å²) in [5.74, 6) is -0.0807. The molecule has 0 aliphatic heterocycles. The maximum absolute atomic E-state index is 12.7. The van der Waals surface area contributed by atoms with Gasteiger partial charge in [-0.05, 0) is 69.3 Å². The molecule has 0 unspecified atom stereocenters. The van der Waals surface area contributed by atoms with Crippen LogP contribution in [0.1, 0.15) is 53.8 Å². The van der Waals surface area contributed by atoms with E-state index < -0.39 is 0 Å². The molecule has 0 spiro atoms. The number of fused-ring (bicyclic) bond motifs is 1. The van der Waals surface area contributed by atoms with Crippen molar-refractivity contribution in [3.05, 3.63) is 46.2 Å². The van der Waals surface area contributed by atoms with E-state index in [1.54, 1.807) is 0 Å². The number of hydrogen-bond donors (Lipinski definition) is 2. The fourth-order valence-corrected chi connectivity index (χ4v) is 3.43. The molecule has 0 bridgehead atoms. The minimum atomic E-state index is -0.0807. The number of aromatic nitrogens is 2. The summed E-state index contributed by atoms with van der Waals surface area (Å²) in [5.41, 5.74) is 9.28. The Morgan fingerprint density at radius 3 is 2.68 bits per heavy atom. The number of benzene rings is 1. The first-order chi connectivity index (χ1) is 12.2. The van der Waals surface area contributed by atoms with Gasteiger partial charge in [0.25, 0.3) is 5.91 Å². The lowest BCUT2D eigenvalue weighted by Crippen LogP contribution is -2.26. The first kappa shape index (κ1) is 18.0. The van der Waals surface area contributed by atoms with Crippen molar-refractivity contribution < 1.29 is 4.79 Å². The molecule has 5 nitrogen and oxygen atoms in total. The van der Waals surface area contributed by atoms with E-state index in [0.29, 0.717) is 23.8 Å². The van der Waals surface area contributed by atoms with Gasteiger partial charge in [0.05, 0.1) is 5.69 Å². The van der Waals surface area contributed by atoms with Crippen LogP contribution in [0.15, 0.2) is 24.3 Å². The van der Waals surface area contributed by atoms with E-state index in [9.17, 15) is 4.79 Å². The predicted molar refractivity (Wildman–Crippen MR) is 100 cm³/mol. The zero-order valence-electron chi connectivity index (χ0n) is 14.4. The predicted octanol–water partition coefficient (Wildman–Crippen LogP) is 3.26. The molecule has 1 aliphatic rings. The van der Waals surface area contributed by atoms with Crippen LogP contribution in [0.25, 0.3) is 5.69 Å². The Hall–Kier alpha value is -1.85. The Morgan fingerprint density at radius 2 is 1.92 bits per heavy atom. The number of unbranched alkanes of at least 4 members (excludes halogenated alkanes) is 1. The van der Waals surface area contributed by atoms with Crippen LogP contribution >= 0.6 is 11.6 Å². The van der Waals surface area contributed by atoms with Crippen molar-refractivity contribution in [2.45, 2.75) is 44.9 Å². The molecule has 1 aromatic heterocycles. The third-order valence-corrected chi connectivity index (χ3v) is 4.88. The van der Waals surface area contributed by atoms with Crippen LogP contribution in [0.3, 0.4) is 0 Å². The molecule has 0 atom stereocenters. The largest absolute Gasteiger partial charge is 0.351 e. The standard InChI is InChI=1S/C19H25ClN4O/c20-14-8-10-15(11-9-14)24-17-7-3-1-2-6-16(17)18(23-24)19(25)22-13-5-4-12-21/h8-11H,1-7,12-13,21H2,(H,22,25). The van der Waals surface area contributed by atoms with E-state index in [1.807, 2.05) is 28.9 Å². The second-order valence-electron chi connectivity index (χ2n) is 6.47. The second-order valence-corrected chi connectivity index (χ2v) is 6.91. The number of hydrogen-bond acceptors (Lipinski definition) is 3. The average molecular weight is 361 g/mol. The molecule has 1 heterocycles. The highest BCUT2D eigenvalue weighted by atomic mass is 35.5. The first-order valence-electron chi connectivity index (χ1n) is 9.05. The van der Waals surface area contributed by atoms with Crippen LogP contribution in [0.5, 0.6) is 0 Å². The van der Waals surface area contributed by atoms with Crippen LogP contribution < -0.4 is 11.1 Å². The van der Waals surface area contributed by atoms with Gasteiger partial charge in [-0.15, -0.1) is 0 Å².